The summed E-state index contributed by atoms with van der Waals surface area (Å²) in [4.78, 5) is 11.6. The van der Waals surface area contributed by atoms with Gasteiger partial charge < -0.3 is 5.32 Å². The lowest BCUT2D eigenvalue weighted by Gasteiger charge is -2.06. The Morgan fingerprint density at radius 2 is 2.00 bits per heavy atom. The Kier molecular flexibility index (Phi) is 3.30. The number of H-pyrrole nitrogens is 1. The molecule has 0 radical (unpaired) electrons. The van der Waals surface area contributed by atoms with Gasteiger partial charge >= 0.3 is 6.03 Å². The lowest BCUT2D eigenvalue weighted by molar-refractivity contribution is 0.262. The van der Waals surface area contributed by atoms with Gasteiger partial charge in [-0.2, -0.15) is 5.10 Å². The van der Waals surface area contributed by atoms with E-state index in [1.54, 1.807) is 30.5 Å². The Balaban J connectivity index is 1.98. The maximum atomic E-state index is 11.6. The summed E-state index contributed by atoms with van der Waals surface area (Å²) in [5, 5.41) is 12.5. The highest BCUT2D eigenvalue weighted by Gasteiger charge is 2.05. The maximum Gasteiger partial charge on any atom is 0.324 e. The Labute approximate surface area is 103 Å². The molecule has 0 aliphatic heterocycles. The maximum absolute atomic E-state index is 11.6. The zero-order valence-corrected chi connectivity index (χ0v) is 9.88. The van der Waals surface area contributed by atoms with E-state index < -0.39 is 0 Å². The number of halogens is 1. The van der Waals surface area contributed by atoms with E-state index in [1.165, 1.54) is 0 Å². The first-order valence-electron chi connectivity index (χ1n) is 4.98. The molecule has 2 aromatic rings. The van der Waals surface area contributed by atoms with Gasteiger partial charge in [-0.3, -0.25) is 10.4 Å². The zero-order chi connectivity index (χ0) is 12.3. The van der Waals surface area contributed by atoms with Gasteiger partial charge in [-0.25, -0.2) is 4.79 Å². The number of nitrogens with zero attached hydrogens (tertiary/aromatic N) is 1. The van der Waals surface area contributed by atoms with E-state index in [0.717, 1.165) is 5.56 Å². The number of rotatable bonds is 2. The van der Waals surface area contributed by atoms with Crippen molar-refractivity contribution in [3.8, 4) is 0 Å². The third-order valence-corrected chi connectivity index (χ3v) is 2.42. The van der Waals surface area contributed by atoms with Crippen LogP contribution in [0.2, 0.25) is 5.02 Å². The summed E-state index contributed by atoms with van der Waals surface area (Å²) in [5.41, 5.74) is 1.54. The highest BCUT2D eigenvalue weighted by atomic mass is 35.5. The second-order valence-electron chi connectivity index (χ2n) is 3.51. The van der Waals surface area contributed by atoms with Crippen molar-refractivity contribution in [3.05, 3.63) is 41.0 Å². The number of nitrogens with one attached hydrogen (secondary N) is 3. The van der Waals surface area contributed by atoms with Crippen molar-refractivity contribution in [2.24, 2.45) is 0 Å². The number of anilines is 2. The number of aromatic amines is 1. The van der Waals surface area contributed by atoms with Crippen molar-refractivity contribution in [2.45, 2.75) is 6.92 Å². The number of carbonyl (C=O) groups is 1. The van der Waals surface area contributed by atoms with E-state index in [-0.39, 0.29) is 6.03 Å². The van der Waals surface area contributed by atoms with Gasteiger partial charge in [0.1, 0.15) is 5.82 Å². The molecule has 88 valence electrons. The zero-order valence-electron chi connectivity index (χ0n) is 9.12. The fourth-order valence-electron chi connectivity index (χ4n) is 1.28. The fourth-order valence-corrected chi connectivity index (χ4v) is 1.41. The van der Waals surface area contributed by atoms with Crippen LogP contribution in [0, 0.1) is 6.92 Å². The van der Waals surface area contributed by atoms with Crippen LogP contribution in [0.3, 0.4) is 0 Å². The quantitative estimate of drug-likeness (QED) is 0.767. The number of amides is 2. The number of aromatic nitrogens is 2. The minimum atomic E-state index is -0.334. The molecular formula is C11H11ClN4O. The normalized spacial score (nSPS) is 10.0. The lowest BCUT2D eigenvalue weighted by Crippen LogP contribution is -2.20. The molecule has 2 amide bonds. The van der Waals surface area contributed by atoms with E-state index >= 15 is 0 Å². The fraction of sp³-hybridized carbons (Fsp3) is 0.0909. The van der Waals surface area contributed by atoms with E-state index in [1.807, 2.05) is 6.92 Å². The minimum Gasteiger partial charge on any atom is -0.308 e. The van der Waals surface area contributed by atoms with Crippen LogP contribution >= 0.6 is 11.6 Å². The molecule has 6 heteroatoms. The smallest absolute Gasteiger partial charge is 0.308 e. The molecule has 3 N–H and O–H groups in total. The van der Waals surface area contributed by atoms with E-state index in [9.17, 15) is 4.79 Å². The van der Waals surface area contributed by atoms with Gasteiger partial charge in [-0.05, 0) is 31.2 Å². The Bertz CT molecular complexity index is 521. The molecule has 0 aliphatic carbocycles. The predicted octanol–water partition coefficient (Wildman–Crippen LogP) is 3.02. The van der Waals surface area contributed by atoms with Gasteiger partial charge in [-0.1, -0.05) is 11.6 Å². The number of hydrogen-bond donors (Lipinski definition) is 3. The monoisotopic (exact) mass is 250 g/mol. The van der Waals surface area contributed by atoms with Crippen LogP contribution in [0.15, 0.2) is 30.5 Å². The largest absolute Gasteiger partial charge is 0.324 e. The van der Waals surface area contributed by atoms with Gasteiger partial charge in [0.15, 0.2) is 0 Å². The average Bonchev–Trinajstić information content (AvgIpc) is 2.68. The van der Waals surface area contributed by atoms with Crippen LogP contribution in [0.4, 0.5) is 16.3 Å². The van der Waals surface area contributed by atoms with Crippen molar-refractivity contribution in [1.29, 1.82) is 0 Å². The number of benzene rings is 1. The summed E-state index contributed by atoms with van der Waals surface area (Å²) in [6.45, 7) is 1.85. The van der Waals surface area contributed by atoms with Crippen molar-refractivity contribution >= 4 is 29.1 Å². The second-order valence-corrected chi connectivity index (χ2v) is 3.95. The standard InChI is InChI=1S/C11H11ClN4O/c1-7-6-13-16-10(7)15-11(17)14-9-4-2-8(12)3-5-9/h2-6H,1H3,(H3,13,14,15,16,17). The van der Waals surface area contributed by atoms with Crippen LogP contribution in [0.1, 0.15) is 5.56 Å². The molecule has 0 saturated heterocycles. The molecule has 5 nitrogen and oxygen atoms in total. The summed E-state index contributed by atoms with van der Waals surface area (Å²) in [6.07, 6.45) is 1.64. The topological polar surface area (TPSA) is 69.8 Å². The summed E-state index contributed by atoms with van der Waals surface area (Å²) < 4.78 is 0. The third kappa shape index (κ3) is 2.98. The van der Waals surface area contributed by atoms with Crippen LogP contribution in [0.5, 0.6) is 0 Å². The number of urea groups is 1. The number of carbonyl (C=O) groups excluding carboxylic acids is 1. The SMILES string of the molecule is Cc1cn[nH]c1NC(=O)Nc1ccc(Cl)cc1. The molecule has 0 unspecified atom stereocenters. The Hall–Kier alpha value is -2.01. The average molecular weight is 251 g/mol. The van der Waals surface area contributed by atoms with Crippen LogP contribution in [-0.2, 0) is 0 Å². The van der Waals surface area contributed by atoms with E-state index in [4.69, 9.17) is 11.6 Å². The lowest BCUT2D eigenvalue weighted by atomic mass is 10.3. The van der Waals surface area contributed by atoms with Crippen molar-refractivity contribution in [1.82, 2.24) is 10.2 Å². The molecule has 0 bridgehead atoms. The van der Waals surface area contributed by atoms with Crippen molar-refractivity contribution in [3.63, 3.8) is 0 Å². The van der Waals surface area contributed by atoms with Gasteiger partial charge in [-0.15, -0.1) is 0 Å². The van der Waals surface area contributed by atoms with Gasteiger partial charge in [0.05, 0.1) is 6.20 Å². The molecular weight excluding hydrogens is 240 g/mol. The summed E-state index contributed by atoms with van der Waals surface area (Å²) in [6, 6.07) is 6.53. The predicted molar refractivity (Wildman–Crippen MR) is 67.4 cm³/mol. The van der Waals surface area contributed by atoms with Crippen molar-refractivity contribution in [2.75, 3.05) is 10.6 Å². The highest BCUT2D eigenvalue weighted by Crippen LogP contribution is 2.14. The molecule has 1 aromatic heterocycles. The first-order chi connectivity index (χ1) is 8.15. The summed E-state index contributed by atoms with van der Waals surface area (Å²) in [5.74, 6) is 0.580. The molecule has 2 rings (SSSR count). The van der Waals surface area contributed by atoms with Gasteiger partial charge in [0, 0.05) is 16.3 Å². The van der Waals surface area contributed by atoms with E-state index in [2.05, 4.69) is 20.8 Å². The van der Waals surface area contributed by atoms with Crippen molar-refractivity contribution < 1.29 is 4.79 Å². The van der Waals surface area contributed by atoms with Crippen LogP contribution in [0.25, 0.3) is 0 Å². The number of aryl methyl sites for hydroxylation is 1. The molecule has 0 atom stereocenters. The molecule has 0 spiro atoms. The summed E-state index contributed by atoms with van der Waals surface area (Å²) >= 11 is 5.74. The molecule has 1 heterocycles. The molecule has 0 aliphatic rings. The van der Waals surface area contributed by atoms with Gasteiger partial charge in [0.25, 0.3) is 0 Å². The molecule has 0 fully saturated rings. The van der Waals surface area contributed by atoms with Crippen LogP contribution in [-0.4, -0.2) is 16.2 Å². The summed E-state index contributed by atoms with van der Waals surface area (Å²) in [7, 11) is 0. The molecule has 17 heavy (non-hydrogen) atoms. The van der Waals surface area contributed by atoms with Gasteiger partial charge in [0.2, 0.25) is 0 Å². The minimum absolute atomic E-state index is 0.334. The number of hydrogen-bond acceptors (Lipinski definition) is 2. The van der Waals surface area contributed by atoms with Crippen LogP contribution < -0.4 is 10.6 Å². The first kappa shape index (κ1) is 11.5. The Morgan fingerprint density at radius 1 is 1.29 bits per heavy atom. The Morgan fingerprint density at radius 3 is 2.59 bits per heavy atom. The molecule has 1 aromatic carbocycles. The highest BCUT2D eigenvalue weighted by molar-refractivity contribution is 6.30. The second kappa shape index (κ2) is 4.88. The first-order valence-corrected chi connectivity index (χ1v) is 5.36. The van der Waals surface area contributed by atoms with E-state index in [0.29, 0.717) is 16.5 Å². The third-order valence-electron chi connectivity index (χ3n) is 2.17. The molecule has 0 saturated carbocycles.